The Morgan fingerprint density at radius 1 is 0.974 bits per heavy atom. The molecule has 0 spiro atoms. The van der Waals surface area contributed by atoms with Crippen LogP contribution in [0.1, 0.15) is 37.3 Å². The summed E-state index contributed by atoms with van der Waals surface area (Å²) >= 11 is 5.95. The van der Waals surface area contributed by atoms with E-state index in [-0.39, 0.29) is 5.57 Å². The van der Waals surface area contributed by atoms with Gasteiger partial charge in [0.25, 0.3) is 11.8 Å². The molecule has 3 aromatic carbocycles. The maximum absolute atomic E-state index is 13.3. The summed E-state index contributed by atoms with van der Waals surface area (Å²) in [5, 5.41) is 3.61. The Morgan fingerprint density at radius 3 is 2.41 bits per heavy atom. The minimum absolute atomic E-state index is 0.134. The van der Waals surface area contributed by atoms with Crippen LogP contribution in [-0.2, 0) is 16.1 Å². The van der Waals surface area contributed by atoms with E-state index in [9.17, 15) is 14.4 Å². The van der Waals surface area contributed by atoms with Crippen molar-refractivity contribution in [1.29, 1.82) is 0 Å². The summed E-state index contributed by atoms with van der Waals surface area (Å²) in [4.78, 5) is 39.5. The second-order valence-electron chi connectivity index (χ2n) is 9.46. The van der Waals surface area contributed by atoms with Crippen LogP contribution in [0.5, 0.6) is 5.75 Å². The van der Waals surface area contributed by atoms with Crippen molar-refractivity contribution < 1.29 is 19.1 Å². The minimum Gasteiger partial charge on any atom is -0.492 e. The number of para-hydroxylation sites is 1. The first-order valence-corrected chi connectivity index (χ1v) is 13.2. The van der Waals surface area contributed by atoms with E-state index in [2.05, 4.69) is 31.3 Å². The summed E-state index contributed by atoms with van der Waals surface area (Å²) in [5.41, 5.74) is 3.10. The van der Waals surface area contributed by atoms with Crippen LogP contribution in [0.2, 0.25) is 5.02 Å². The van der Waals surface area contributed by atoms with Gasteiger partial charge >= 0.3 is 6.03 Å². The third-order valence-electron chi connectivity index (χ3n) is 6.97. The van der Waals surface area contributed by atoms with Gasteiger partial charge in [-0.1, -0.05) is 55.8 Å². The Labute approximate surface area is 231 Å². The maximum atomic E-state index is 13.3. The van der Waals surface area contributed by atoms with Crippen LogP contribution in [0.4, 0.5) is 10.5 Å². The molecule has 1 aromatic heterocycles. The lowest BCUT2D eigenvalue weighted by Crippen LogP contribution is -2.54. The van der Waals surface area contributed by atoms with Crippen LogP contribution in [0.25, 0.3) is 17.0 Å². The molecular weight excluding hydrogens is 514 g/mol. The first kappa shape index (κ1) is 26.3. The van der Waals surface area contributed by atoms with Crippen molar-refractivity contribution in [3.8, 4) is 5.75 Å². The van der Waals surface area contributed by atoms with Crippen molar-refractivity contribution in [2.45, 2.75) is 32.7 Å². The number of amides is 4. The van der Waals surface area contributed by atoms with Gasteiger partial charge in [0.2, 0.25) is 0 Å². The summed E-state index contributed by atoms with van der Waals surface area (Å²) in [7, 11) is 0. The third kappa shape index (κ3) is 5.45. The zero-order valence-corrected chi connectivity index (χ0v) is 22.4. The van der Waals surface area contributed by atoms with Gasteiger partial charge in [-0.2, -0.15) is 0 Å². The minimum atomic E-state index is -0.804. The van der Waals surface area contributed by atoms with E-state index < -0.39 is 17.8 Å². The van der Waals surface area contributed by atoms with E-state index in [0.29, 0.717) is 35.3 Å². The molecule has 1 aliphatic heterocycles. The molecule has 1 N–H and O–H groups in total. The molecule has 1 saturated heterocycles. The summed E-state index contributed by atoms with van der Waals surface area (Å²) in [5.74, 6) is -0.132. The average Bonchev–Trinajstić information content (AvgIpc) is 3.29. The molecule has 1 fully saturated rings. The largest absolute Gasteiger partial charge is 0.492 e. The highest BCUT2D eigenvalue weighted by atomic mass is 35.5. The normalized spacial score (nSPS) is 15.6. The third-order valence-corrected chi connectivity index (χ3v) is 7.22. The second-order valence-corrected chi connectivity index (χ2v) is 9.89. The molecule has 8 heteroatoms. The van der Waals surface area contributed by atoms with Crippen LogP contribution >= 0.6 is 11.6 Å². The van der Waals surface area contributed by atoms with Crippen LogP contribution in [0.15, 0.2) is 84.6 Å². The van der Waals surface area contributed by atoms with Crippen molar-refractivity contribution in [3.05, 3.63) is 101 Å². The van der Waals surface area contributed by atoms with Gasteiger partial charge in [-0.3, -0.25) is 14.9 Å². The number of anilines is 1. The van der Waals surface area contributed by atoms with Crippen molar-refractivity contribution in [1.82, 2.24) is 9.88 Å². The number of hydrogen-bond donors (Lipinski definition) is 1. The lowest BCUT2D eigenvalue weighted by molar-refractivity contribution is -0.122. The standard InChI is InChI=1S/C31H28ClN3O4/c1-3-20(2)21-8-14-25(15-9-21)39-17-16-34-19-22(26-6-4-5-7-28(26)34)18-27-29(36)33-31(38)35(30(27)37)24-12-10-23(32)11-13-24/h4-15,18-20H,3,16-17H2,1-2H3,(H,33,36,38)/b27-18-/t20-/m1/s1. The van der Waals surface area contributed by atoms with Crippen molar-refractivity contribution in [2.75, 3.05) is 11.5 Å². The van der Waals surface area contributed by atoms with Gasteiger partial charge in [-0.25, -0.2) is 9.69 Å². The fraction of sp³-hybridized carbons (Fsp3) is 0.194. The number of rotatable bonds is 8. The van der Waals surface area contributed by atoms with E-state index in [0.717, 1.165) is 28.0 Å². The maximum Gasteiger partial charge on any atom is 0.335 e. The molecule has 1 aliphatic rings. The zero-order chi connectivity index (χ0) is 27.5. The summed E-state index contributed by atoms with van der Waals surface area (Å²) < 4.78 is 8.03. The fourth-order valence-electron chi connectivity index (χ4n) is 4.60. The van der Waals surface area contributed by atoms with Crippen LogP contribution in [0.3, 0.4) is 0 Å². The summed E-state index contributed by atoms with van der Waals surface area (Å²) in [6.07, 6.45) is 4.50. The topological polar surface area (TPSA) is 80.6 Å². The summed E-state index contributed by atoms with van der Waals surface area (Å²) in [6, 6.07) is 21.4. The first-order valence-electron chi connectivity index (χ1n) is 12.8. The van der Waals surface area contributed by atoms with Gasteiger partial charge in [0.1, 0.15) is 17.9 Å². The van der Waals surface area contributed by atoms with Gasteiger partial charge in [-0.15, -0.1) is 0 Å². The van der Waals surface area contributed by atoms with Crippen LogP contribution < -0.4 is 15.0 Å². The van der Waals surface area contributed by atoms with E-state index in [1.54, 1.807) is 24.3 Å². The Bertz CT molecular complexity index is 1570. The fourth-order valence-corrected chi connectivity index (χ4v) is 4.73. The predicted molar refractivity (Wildman–Crippen MR) is 153 cm³/mol. The molecule has 0 bridgehead atoms. The Morgan fingerprint density at radius 2 is 1.69 bits per heavy atom. The molecule has 0 unspecified atom stereocenters. The number of benzene rings is 3. The van der Waals surface area contributed by atoms with E-state index >= 15 is 0 Å². The number of fused-ring (bicyclic) bond motifs is 1. The number of halogens is 1. The first-order chi connectivity index (χ1) is 18.9. The zero-order valence-electron chi connectivity index (χ0n) is 21.7. The molecule has 4 aromatic rings. The second kappa shape index (κ2) is 11.2. The molecule has 0 radical (unpaired) electrons. The number of barbiturate groups is 1. The predicted octanol–water partition coefficient (Wildman–Crippen LogP) is 6.55. The van der Waals surface area contributed by atoms with Crippen molar-refractivity contribution in [2.24, 2.45) is 0 Å². The Balaban J connectivity index is 1.39. The molecule has 1 atom stereocenters. The van der Waals surface area contributed by atoms with Crippen molar-refractivity contribution >= 4 is 52.1 Å². The molecule has 5 rings (SSSR count). The van der Waals surface area contributed by atoms with Crippen molar-refractivity contribution in [3.63, 3.8) is 0 Å². The van der Waals surface area contributed by atoms with Gasteiger partial charge < -0.3 is 9.30 Å². The number of hydrogen-bond acceptors (Lipinski definition) is 4. The van der Waals surface area contributed by atoms with Gasteiger partial charge in [0, 0.05) is 27.7 Å². The lowest BCUT2D eigenvalue weighted by Gasteiger charge is -2.26. The summed E-state index contributed by atoms with van der Waals surface area (Å²) in [6.45, 7) is 5.38. The van der Waals surface area contributed by atoms with E-state index in [4.69, 9.17) is 16.3 Å². The highest BCUT2D eigenvalue weighted by molar-refractivity contribution is 6.39. The molecular formula is C31H28ClN3O4. The molecule has 0 saturated carbocycles. The van der Waals surface area contributed by atoms with Gasteiger partial charge in [-0.05, 0) is 66.4 Å². The SMILES string of the molecule is CC[C@@H](C)c1ccc(OCCn2cc(/C=C3/C(=O)NC(=O)N(c4ccc(Cl)cc4)C3=O)c3ccccc32)cc1. The van der Waals surface area contributed by atoms with Gasteiger partial charge in [0.05, 0.1) is 12.2 Å². The molecule has 39 heavy (non-hydrogen) atoms. The average molecular weight is 542 g/mol. The number of nitrogens with one attached hydrogen (secondary N) is 1. The molecule has 7 nitrogen and oxygen atoms in total. The van der Waals surface area contributed by atoms with E-state index in [1.807, 2.05) is 47.2 Å². The number of carbonyl (C=O) groups excluding carboxylic acids is 3. The molecule has 2 heterocycles. The van der Waals surface area contributed by atoms with Crippen LogP contribution in [0, 0.1) is 0 Å². The number of aromatic nitrogens is 1. The number of imide groups is 2. The van der Waals surface area contributed by atoms with Crippen LogP contribution in [-0.4, -0.2) is 29.0 Å². The van der Waals surface area contributed by atoms with Gasteiger partial charge in [0.15, 0.2) is 0 Å². The smallest absolute Gasteiger partial charge is 0.335 e. The Hall–Kier alpha value is -4.36. The molecule has 198 valence electrons. The molecule has 4 amide bonds. The van der Waals surface area contributed by atoms with E-state index in [1.165, 1.54) is 11.6 Å². The number of urea groups is 1. The highest BCUT2D eigenvalue weighted by Crippen LogP contribution is 2.28. The lowest BCUT2D eigenvalue weighted by atomic mass is 9.99. The number of ether oxygens (including phenoxy) is 1. The number of nitrogens with zero attached hydrogens (tertiary/aromatic N) is 2. The highest BCUT2D eigenvalue weighted by Gasteiger charge is 2.37. The number of carbonyl (C=O) groups is 3. The quantitative estimate of drug-likeness (QED) is 0.202. The monoisotopic (exact) mass is 541 g/mol. The Kier molecular flexibility index (Phi) is 7.52. The molecule has 0 aliphatic carbocycles.